The molecule has 0 spiro atoms. The minimum Gasteiger partial charge on any atom is -0.495 e. The van der Waals surface area contributed by atoms with Gasteiger partial charge in [0.2, 0.25) is 0 Å². The number of methoxy groups -OCH3 is 1. The van der Waals surface area contributed by atoms with Gasteiger partial charge in [-0.15, -0.1) is 0 Å². The quantitative estimate of drug-likeness (QED) is 0.915. The first-order valence-corrected chi connectivity index (χ1v) is 6.10. The van der Waals surface area contributed by atoms with Crippen molar-refractivity contribution in [3.8, 4) is 17.5 Å². The minimum atomic E-state index is 0.429. The number of rotatable bonds is 2. The minimum absolute atomic E-state index is 0.429. The van der Waals surface area contributed by atoms with Crippen LogP contribution in [-0.2, 0) is 0 Å². The Kier molecular flexibility index (Phi) is 3.41. The van der Waals surface area contributed by atoms with Crippen LogP contribution in [0.2, 0.25) is 5.02 Å². The third-order valence-electron chi connectivity index (χ3n) is 3.26. The van der Waals surface area contributed by atoms with Gasteiger partial charge in [-0.3, -0.25) is 4.57 Å². The molecule has 2 aromatic rings. The van der Waals surface area contributed by atoms with Crippen LogP contribution in [0.15, 0.2) is 18.2 Å². The van der Waals surface area contributed by atoms with Crippen molar-refractivity contribution in [2.45, 2.75) is 13.8 Å². The van der Waals surface area contributed by atoms with E-state index < -0.39 is 0 Å². The number of hydrogen-bond acceptors (Lipinski definition) is 3. The molecular formula is C14H14ClN3O. The summed E-state index contributed by atoms with van der Waals surface area (Å²) < 4.78 is 6.94. The van der Waals surface area contributed by atoms with E-state index in [1.54, 1.807) is 19.2 Å². The van der Waals surface area contributed by atoms with E-state index in [0.29, 0.717) is 22.2 Å². The van der Waals surface area contributed by atoms with Crippen LogP contribution in [0.3, 0.4) is 0 Å². The molecule has 1 aromatic carbocycles. The van der Waals surface area contributed by atoms with Gasteiger partial charge < -0.3 is 10.5 Å². The van der Waals surface area contributed by atoms with Gasteiger partial charge in [-0.25, -0.2) is 0 Å². The lowest BCUT2D eigenvalue weighted by Gasteiger charge is -2.11. The Labute approximate surface area is 117 Å². The van der Waals surface area contributed by atoms with E-state index in [1.165, 1.54) is 0 Å². The van der Waals surface area contributed by atoms with E-state index in [9.17, 15) is 0 Å². The molecule has 0 fully saturated rings. The Balaban J connectivity index is 2.67. The lowest BCUT2D eigenvalue weighted by molar-refractivity contribution is 0.415. The average Bonchev–Trinajstić information content (AvgIpc) is 2.60. The zero-order valence-corrected chi connectivity index (χ0v) is 11.7. The van der Waals surface area contributed by atoms with Crippen LogP contribution in [0, 0.1) is 25.2 Å². The maximum absolute atomic E-state index is 9.13. The van der Waals surface area contributed by atoms with Crippen molar-refractivity contribution < 1.29 is 4.74 Å². The molecule has 1 heterocycles. The van der Waals surface area contributed by atoms with Crippen LogP contribution in [0.1, 0.15) is 16.8 Å². The highest BCUT2D eigenvalue weighted by Gasteiger charge is 2.16. The molecule has 98 valence electrons. The SMILES string of the molecule is COc1ccc(-n2c(C)c(C)c(C#N)c2N)cc1Cl. The van der Waals surface area contributed by atoms with Crippen molar-refractivity contribution in [1.29, 1.82) is 5.26 Å². The predicted octanol–water partition coefficient (Wildman–Crippen LogP) is 3.21. The van der Waals surface area contributed by atoms with Gasteiger partial charge in [0.1, 0.15) is 17.6 Å². The number of anilines is 1. The second-order valence-electron chi connectivity index (χ2n) is 4.24. The van der Waals surface area contributed by atoms with E-state index >= 15 is 0 Å². The van der Waals surface area contributed by atoms with Crippen LogP contribution in [0.5, 0.6) is 5.75 Å². The first-order chi connectivity index (χ1) is 9.01. The highest BCUT2D eigenvalue weighted by molar-refractivity contribution is 6.32. The van der Waals surface area contributed by atoms with Crippen LogP contribution in [0.4, 0.5) is 5.82 Å². The molecule has 2 N–H and O–H groups in total. The number of aromatic nitrogens is 1. The van der Waals surface area contributed by atoms with Gasteiger partial charge in [-0.1, -0.05) is 11.6 Å². The number of benzene rings is 1. The summed E-state index contributed by atoms with van der Waals surface area (Å²) in [4.78, 5) is 0. The van der Waals surface area contributed by atoms with E-state index in [2.05, 4.69) is 6.07 Å². The third-order valence-corrected chi connectivity index (χ3v) is 3.55. The fourth-order valence-corrected chi connectivity index (χ4v) is 2.35. The van der Waals surface area contributed by atoms with E-state index in [4.69, 9.17) is 27.3 Å². The van der Waals surface area contributed by atoms with E-state index in [0.717, 1.165) is 16.9 Å². The normalized spacial score (nSPS) is 10.3. The topological polar surface area (TPSA) is 64.0 Å². The predicted molar refractivity (Wildman–Crippen MR) is 75.9 cm³/mol. The summed E-state index contributed by atoms with van der Waals surface area (Å²) in [5, 5.41) is 9.63. The number of nitriles is 1. The number of nitrogens with two attached hydrogens (primary N) is 1. The zero-order valence-electron chi connectivity index (χ0n) is 11.0. The average molecular weight is 276 g/mol. The number of halogens is 1. The van der Waals surface area contributed by atoms with Gasteiger partial charge in [0, 0.05) is 11.4 Å². The molecule has 19 heavy (non-hydrogen) atoms. The van der Waals surface area contributed by atoms with Crippen molar-refractivity contribution in [2.24, 2.45) is 0 Å². The molecule has 1 aromatic heterocycles. The summed E-state index contributed by atoms with van der Waals surface area (Å²) in [6.45, 7) is 3.80. The monoisotopic (exact) mass is 275 g/mol. The molecule has 5 heteroatoms. The lowest BCUT2D eigenvalue weighted by Crippen LogP contribution is -2.02. The molecule has 0 radical (unpaired) electrons. The Morgan fingerprint density at radius 3 is 2.53 bits per heavy atom. The molecule has 4 nitrogen and oxygen atoms in total. The van der Waals surface area contributed by atoms with Crippen molar-refractivity contribution in [3.05, 3.63) is 40.0 Å². The Morgan fingerprint density at radius 1 is 1.37 bits per heavy atom. The zero-order chi connectivity index (χ0) is 14.2. The van der Waals surface area contributed by atoms with Gasteiger partial charge in [-0.05, 0) is 37.6 Å². The van der Waals surface area contributed by atoms with Crippen molar-refractivity contribution in [2.75, 3.05) is 12.8 Å². The third kappa shape index (κ3) is 2.02. The van der Waals surface area contributed by atoms with Crippen LogP contribution in [0.25, 0.3) is 5.69 Å². The highest BCUT2D eigenvalue weighted by atomic mass is 35.5. The fraction of sp³-hybridized carbons (Fsp3) is 0.214. The molecule has 0 saturated heterocycles. The molecule has 0 unspecified atom stereocenters. The summed E-state index contributed by atoms with van der Waals surface area (Å²) in [7, 11) is 1.56. The Bertz CT molecular complexity index is 683. The highest BCUT2D eigenvalue weighted by Crippen LogP contribution is 2.31. The van der Waals surface area contributed by atoms with Crippen molar-refractivity contribution in [3.63, 3.8) is 0 Å². The largest absolute Gasteiger partial charge is 0.495 e. The molecule has 2 rings (SSSR count). The van der Waals surface area contributed by atoms with Crippen molar-refractivity contribution >= 4 is 17.4 Å². The van der Waals surface area contributed by atoms with Gasteiger partial charge in [0.25, 0.3) is 0 Å². The van der Waals surface area contributed by atoms with Gasteiger partial charge >= 0.3 is 0 Å². The first kappa shape index (κ1) is 13.3. The molecular weight excluding hydrogens is 262 g/mol. The summed E-state index contributed by atoms with van der Waals surface area (Å²) in [6.07, 6.45) is 0. The van der Waals surface area contributed by atoms with E-state index in [1.807, 2.05) is 24.5 Å². The number of ether oxygens (including phenoxy) is 1. The molecule has 0 aliphatic carbocycles. The van der Waals surface area contributed by atoms with Gasteiger partial charge in [-0.2, -0.15) is 5.26 Å². The molecule has 0 saturated carbocycles. The summed E-state index contributed by atoms with van der Waals surface area (Å²) in [6, 6.07) is 7.53. The summed E-state index contributed by atoms with van der Waals surface area (Å²) >= 11 is 6.12. The number of hydrogen-bond donors (Lipinski definition) is 1. The van der Waals surface area contributed by atoms with Gasteiger partial charge in [0.15, 0.2) is 0 Å². The number of nitrogens with zero attached hydrogens (tertiary/aromatic N) is 2. The van der Waals surface area contributed by atoms with Gasteiger partial charge in [0.05, 0.1) is 17.7 Å². The maximum atomic E-state index is 9.13. The standard InChI is InChI=1S/C14H14ClN3O/c1-8-9(2)18(14(17)11(8)7-16)10-4-5-13(19-3)12(15)6-10/h4-6H,17H2,1-3H3. The van der Waals surface area contributed by atoms with Crippen LogP contribution in [-0.4, -0.2) is 11.7 Å². The fourth-order valence-electron chi connectivity index (χ4n) is 2.10. The summed E-state index contributed by atoms with van der Waals surface area (Å²) in [5.41, 5.74) is 9.16. The smallest absolute Gasteiger partial charge is 0.137 e. The maximum Gasteiger partial charge on any atom is 0.137 e. The Morgan fingerprint density at radius 2 is 2.05 bits per heavy atom. The number of nitrogen functional groups attached to an aromatic ring is 1. The molecule has 0 aliphatic heterocycles. The van der Waals surface area contributed by atoms with Crippen molar-refractivity contribution in [1.82, 2.24) is 4.57 Å². The second kappa shape index (κ2) is 4.87. The van der Waals surface area contributed by atoms with E-state index in [-0.39, 0.29) is 0 Å². The second-order valence-corrected chi connectivity index (χ2v) is 4.64. The molecule has 0 aliphatic rings. The summed E-state index contributed by atoms with van der Waals surface area (Å²) in [5.74, 6) is 1.03. The molecule has 0 amide bonds. The van der Waals surface area contributed by atoms with Crippen LogP contribution < -0.4 is 10.5 Å². The lowest BCUT2D eigenvalue weighted by atomic mass is 10.2. The van der Waals surface area contributed by atoms with Crippen LogP contribution >= 0.6 is 11.6 Å². The molecule has 0 atom stereocenters. The first-order valence-electron chi connectivity index (χ1n) is 5.72. The Hall–Kier alpha value is -2.12. The molecule has 0 bridgehead atoms.